The van der Waals surface area contributed by atoms with Crippen LogP contribution in [0, 0.1) is 13.8 Å². The molecule has 0 aliphatic heterocycles. The molecule has 2 aromatic carbocycles. The Morgan fingerprint density at radius 2 is 0.885 bits per heavy atom. The van der Waals surface area contributed by atoms with Crippen LogP contribution in [-0.4, -0.2) is 0 Å². The highest BCUT2D eigenvalue weighted by Crippen LogP contribution is 2.18. The van der Waals surface area contributed by atoms with Crippen molar-refractivity contribution in [3.05, 3.63) is 82.9 Å². The largest absolute Gasteiger partial charge is 0.100 e. The first-order chi connectivity index (χ1) is 12.2. The molecule has 0 atom stereocenters. The molecule has 0 fully saturated rings. The molecule has 0 N–H and O–H groups in total. The van der Waals surface area contributed by atoms with Crippen LogP contribution in [0.5, 0.6) is 0 Å². The maximum Gasteiger partial charge on any atom is -0.0216 e. The van der Waals surface area contributed by atoms with Gasteiger partial charge < -0.3 is 0 Å². The standard InChI is InChI=1S/2C10H14.C4H8.C2H6/c2*1-8(2)10-7-5-4-6-9(10)3;1-4(2)3;1-2/h2*4-8H,1-3H3;1H2,2-3H3;1-2H3. The topological polar surface area (TPSA) is 0 Å². The van der Waals surface area contributed by atoms with E-state index in [0.717, 1.165) is 0 Å². The van der Waals surface area contributed by atoms with Crippen LogP contribution < -0.4 is 0 Å². The van der Waals surface area contributed by atoms with Crippen molar-refractivity contribution in [2.24, 2.45) is 0 Å². The molecule has 0 saturated heterocycles. The Hall–Kier alpha value is -1.82. The van der Waals surface area contributed by atoms with Crippen LogP contribution in [0.2, 0.25) is 0 Å². The fraction of sp³-hybridized carbons (Fsp3) is 0.462. The number of benzene rings is 2. The maximum atomic E-state index is 3.56. The Morgan fingerprint density at radius 3 is 1.04 bits per heavy atom. The van der Waals surface area contributed by atoms with Gasteiger partial charge >= 0.3 is 0 Å². The second-order valence-electron chi connectivity index (χ2n) is 7.23. The lowest BCUT2D eigenvalue weighted by molar-refractivity contribution is 0.856. The van der Waals surface area contributed by atoms with Crippen molar-refractivity contribution >= 4 is 0 Å². The first-order valence-corrected chi connectivity index (χ1v) is 9.90. The summed E-state index contributed by atoms with van der Waals surface area (Å²) in [5, 5.41) is 0. The third-order valence-electron chi connectivity index (χ3n) is 3.62. The van der Waals surface area contributed by atoms with Crippen molar-refractivity contribution < 1.29 is 0 Å². The van der Waals surface area contributed by atoms with E-state index < -0.39 is 0 Å². The molecule has 0 heteroatoms. The number of rotatable bonds is 2. The molecular formula is C26H42. The van der Waals surface area contributed by atoms with E-state index in [4.69, 9.17) is 0 Å². The molecule has 2 aromatic rings. The molecule has 0 nitrogen and oxygen atoms in total. The van der Waals surface area contributed by atoms with E-state index in [1.54, 1.807) is 0 Å². The van der Waals surface area contributed by atoms with Gasteiger partial charge in [0.2, 0.25) is 0 Å². The highest BCUT2D eigenvalue weighted by atomic mass is 14.1. The normalized spacial score (nSPS) is 9.23. The van der Waals surface area contributed by atoms with Crippen molar-refractivity contribution in [2.75, 3.05) is 0 Å². The summed E-state index contributed by atoms with van der Waals surface area (Å²) in [6.45, 7) is 24.7. The number of aryl methyl sites for hydroxylation is 2. The summed E-state index contributed by atoms with van der Waals surface area (Å²) < 4.78 is 0. The SMILES string of the molecule is C=C(C)C.CC.Cc1ccccc1C(C)C.Cc1ccccc1C(C)C. The Labute approximate surface area is 164 Å². The fourth-order valence-corrected chi connectivity index (χ4v) is 2.47. The Kier molecular flexibility index (Phi) is 15.7. The van der Waals surface area contributed by atoms with E-state index in [1.807, 2.05) is 27.7 Å². The summed E-state index contributed by atoms with van der Waals surface area (Å²) in [7, 11) is 0. The van der Waals surface area contributed by atoms with E-state index in [9.17, 15) is 0 Å². The molecule has 0 aliphatic rings. The van der Waals surface area contributed by atoms with Gasteiger partial charge in [0, 0.05) is 0 Å². The molecule has 0 radical (unpaired) electrons. The lowest BCUT2D eigenvalue weighted by atomic mass is 9.99. The third kappa shape index (κ3) is 12.5. The maximum absolute atomic E-state index is 3.56. The monoisotopic (exact) mass is 354 g/mol. The molecular weight excluding hydrogens is 312 g/mol. The lowest BCUT2D eigenvalue weighted by Gasteiger charge is -2.07. The molecule has 0 aliphatic carbocycles. The van der Waals surface area contributed by atoms with E-state index in [1.165, 1.54) is 27.8 Å². The zero-order valence-electron chi connectivity index (χ0n) is 19.0. The minimum atomic E-state index is 0.654. The Balaban J connectivity index is 0. The van der Waals surface area contributed by atoms with Crippen LogP contribution in [-0.2, 0) is 0 Å². The molecule has 0 aromatic heterocycles. The minimum Gasteiger partial charge on any atom is -0.100 e. The average molecular weight is 355 g/mol. The number of hydrogen-bond acceptors (Lipinski definition) is 0. The minimum absolute atomic E-state index is 0.654. The van der Waals surface area contributed by atoms with Gasteiger partial charge in [-0.1, -0.05) is 95.6 Å². The predicted octanol–water partition coefficient (Wildman–Crippen LogP) is 8.85. The predicted molar refractivity (Wildman–Crippen MR) is 122 cm³/mol. The third-order valence-corrected chi connectivity index (χ3v) is 3.62. The van der Waals surface area contributed by atoms with Gasteiger partial charge in [0.15, 0.2) is 0 Å². The van der Waals surface area contributed by atoms with E-state index in [-0.39, 0.29) is 0 Å². The fourth-order valence-electron chi connectivity index (χ4n) is 2.47. The summed E-state index contributed by atoms with van der Waals surface area (Å²) in [5.74, 6) is 1.31. The summed E-state index contributed by atoms with van der Waals surface area (Å²) >= 11 is 0. The van der Waals surface area contributed by atoms with Crippen molar-refractivity contribution in [2.45, 2.75) is 81.1 Å². The van der Waals surface area contributed by atoms with Crippen LogP contribution in [0.1, 0.15) is 89.5 Å². The van der Waals surface area contributed by atoms with Crippen molar-refractivity contribution in [1.82, 2.24) is 0 Å². The molecule has 26 heavy (non-hydrogen) atoms. The Bertz CT molecular complexity index is 549. The van der Waals surface area contributed by atoms with Crippen LogP contribution in [0.4, 0.5) is 0 Å². The van der Waals surface area contributed by atoms with Gasteiger partial charge in [-0.2, -0.15) is 0 Å². The van der Waals surface area contributed by atoms with E-state index in [2.05, 4.69) is 96.7 Å². The van der Waals surface area contributed by atoms with Gasteiger partial charge in [-0.3, -0.25) is 0 Å². The molecule has 0 unspecified atom stereocenters. The van der Waals surface area contributed by atoms with Gasteiger partial charge in [-0.15, -0.1) is 6.58 Å². The van der Waals surface area contributed by atoms with Gasteiger partial charge in [0.25, 0.3) is 0 Å². The van der Waals surface area contributed by atoms with Crippen molar-refractivity contribution in [3.8, 4) is 0 Å². The van der Waals surface area contributed by atoms with Crippen molar-refractivity contribution in [3.63, 3.8) is 0 Å². The van der Waals surface area contributed by atoms with Gasteiger partial charge in [0.05, 0.1) is 0 Å². The first-order valence-electron chi connectivity index (χ1n) is 9.90. The summed E-state index contributed by atoms with van der Waals surface area (Å²) in [6, 6.07) is 17.1. The number of allylic oxidation sites excluding steroid dienone is 1. The zero-order chi connectivity index (χ0) is 20.7. The quantitative estimate of drug-likeness (QED) is 0.472. The summed E-state index contributed by atoms with van der Waals surface area (Å²) in [6.07, 6.45) is 0. The van der Waals surface area contributed by atoms with Crippen LogP contribution >= 0.6 is 0 Å². The van der Waals surface area contributed by atoms with Gasteiger partial charge in [0.1, 0.15) is 0 Å². The second kappa shape index (κ2) is 15.4. The van der Waals surface area contributed by atoms with Crippen LogP contribution in [0.25, 0.3) is 0 Å². The number of hydrogen-bond donors (Lipinski definition) is 0. The molecule has 0 bridgehead atoms. The molecule has 0 spiro atoms. The first kappa shape index (κ1) is 26.4. The zero-order valence-corrected chi connectivity index (χ0v) is 19.0. The second-order valence-corrected chi connectivity index (χ2v) is 7.23. The summed E-state index contributed by atoms with van der Waals surface area (Å²) in [4.78, 5) is 0. The summed E-state index contributed by atoms with van der Waals surface area (Å²) in [5.41, 5.74) is 6.89. The molecule has 0 amide bonds. The lowest BCUT2D eigenvalue weighted by Crippen LogP contribution is -1.89. The van der Waals surface area contributed by atoms with Gasteiger partial charge in [-0.05, 0) is 61.8 Å². The van der Waals surface area contributed by atoms with E-state index in [0.29, 0.717) is 11.8 Å². The Morgan fingerprint density at radius 1 is 0.654 bits per heavy atom. The van der Waals surface area contributed by atoms with E-state index >= 15 is 0 Å². The van der Waals surface area contributed by atoms with Gasteiger partial charge in [-0.25, -0.2) is 0 Å². The van der Waals surface area contributed by atoms with Crippen LogP contribution in [0.15, 0.2) is 60.7 Å². The average Bonchev–Trinajstić information content (AvgIpc) is 2.57. The molecule has 146 valence electrons. The smallest absolute Gasteiger partial charge is 0.0216 e. The van der Waals surface area contributed by atoms with Crippen LogP contribution in [0.3, 0.4) is 0 Å². The highest BCUT2D eigenvalue weighted by molar-refractivity contribution is 5.28. The van der Waals surface area contributed by atoms with Crippen molar-refractivity contribution in [1.29, 1.82) is 0 Å². The highest BCUT2D eigenvalue weighted by Gasteiger charge is 2.00. The molecule has 0 saturated carbocycles. The molecule has 0 heterocycles. The molecule has 2 rings (SSSR count).